The van der Waals surface area contributed by atoms with E-state index >= 15 is 0 Å². The molecule has 3 rings (SSSR count). The predicted octanol–water partition coefficient (Wildman–Crippen LogP) is 5.83. The number of aryl methyl sites for hydroxylation is 1. The molecule has 0 fully saturated rings. The summed E-state index contributed by atoms with van der Waals surface area (Å²) in [6, 6.07) is 6.39. The van der Waals surface area contributed by atoms with Crippen LogP contribution >= 0.6 is 0 Å². The maximum Gasteiger partial charge on any atom is 0.418 e. The normalized spacial score (nSPS) is 13.9. The molecule has 2 aromatic carbocycles. The van der Waals surface area contributed by atoms with E-state index < -0.39 is 52.9 Å². The summed E-state index contributed by atoms with van der Waals surface area (Å²) in [7, 11) is 0. The maximum atomic E-state index is 13.6. The Morgan fingerprint density at radius 3 is 2.09 bits per heavy atom. The highest BCUT2D eigenvalue weighted by Crippen LogP contribution is 2.36. The number of benzene rings is 2. The van der Waals surface area contributed by atoms with Crippen molar-refractivity contribution < 1.29 is 40.6 Å². The number of nitrogens with zero attached hydrogens (tertiary/aromatic N) is 1. The van der Waals surface area contributed by atoms with Gasteiger partial charge in [-0.25, -0.2) is 4.39 Å². The van der Waals surface area contributed by atoms with Gasteiger partial charge in [0.25, 0.3) is 5.91 Å². The van der Waals surface area contributed by atoms with E-state index in [1.54, 1.807) is 18.3 Å². The lowest BCUT2D eigenvalue weighted by atomic mass is 9.98. The summed E-state index contributed by atoms with van der Waals surface area (Å²) in [5, 5.41) is 11.4. The maximum absolute atomic E-state index is 13.6. The number of hydrogen-bond acceptors (Lipinski definition) is 3. The number of amides is 1. The number of halogens is 7. The molecule has 1 aromatic heterocycles. The third kappa shape index (κ3) is 5.90. The number of hydrogen-bond donors (Lipinski definition) is 2. The van der Waals surface area contributed by atoms with E-state index in [2.05, 4.69) is 4.98 Å². The van der Waals surface area contributed by atoms with Crippen LogP contribution in [0.2, 0.25) is 0 Å². The van der Waals surface area contributed by atoms with E-state index in [4.69, 9.17) is 0 Å². The molecule has 3 aromatic rings. The average molecular weight is 486 g/mol. The van der Waals surface area contributed by atoms with Gasteiger partial charge in [0.15, 0.2) is 12.1 Å². The van der Waals surface area contributed by atoms with E-state index in [1.165, 1.54) is 12.3 Å². The number of nitrogens with one attached hydrogen (secondary N) is 1. The number of carbonyl (C=O) groups is 1. The van der Waals surface area contributed by atoms with E-state index in [-0.39, 0.29) is 11.3 Å². The Morgan fingerprint density at radius 1 is 0.912 bits per heavy atom. The van der Waals surface area contributed by atoms with E-state index in [9.17, 15) is 40.6 Å². The number of aliphatic hydroxyl groups is 1. The van der Waals surface area contributed by atoms with Crippen LogP contribution < -0.4 is 5.32 Å². The second-order valence-electron chi connectivity index (χ2n) is 7.51. The molecule has 0 aliphatic heterocycles. The van der Waals surface area contributed by atoms with Gasteiger partial charge in [-0.05, 0) is 60.0 Å². The van der Waals surface area contributed by atoms with Gasteiger partial charge >= 0.3 is 12.4 Å². The summed E-state index contributed by atoms with van der Waals surface area (Å²) in [4.78, 5) is 16.8. The van der Waals surface area contributed by atoms with Crippen molar-refractivity contribution in [3.05, 3.63) is 88.9 Å². The molecular formula is C23H17F7N2O2. The third-order valence-electron chi connectivity index (χ3n) is 4.86. The van der Waals surface area contributed by atoms with Gasteiger partial charge in [-0.3, -0.25) is 9.78 Å². The Morgan fingerprint density at radius 2 is 1.56 bits per heavy atom. The van der Waals surface area contributed by atoms with Crippen LogP contribution in [0.1, 0.15) is 39.2 Å². The lowest BCUT2D eigenvalue weighted by Crippen LogP contribution is -2.38. The van der Waals surface area contributed by atoms with Gasteiger partial charge in [-0.2, -0.15) is 26.3 Å². The minimum atomic E-state index is -5.09. The number of pyridine rings is 1. The van der Waals surface area contributed by atoms with Crippen molar-refractivity contribution in [2.45, 2.75) is 31.4 Å². The van der Waals surface area contributed by atoms with Crippen LogP contribution in [-0.2, 0) is 0 Å². The molecule has 2 N–H and O–H groups in total. The van der Waals surface area contributed by atoms with Gasteiger partial charge in [0.05, 0.1) is 5.69 Å². The molecule has 0 spiro atoms. The molecule has 0 radical (unpaired) electrons. The highest BCUT2D eigenvalue weighted by molar-refractivity contribution is 5.96. The molecule has 180 valence electrons. The number of aliphatic hydroxyl groups excluding tert-OH is 1. The molecule has 0 aliphatic carbocycles. The Labute approximate surface area is 189 Å². The van der Waals surface area contributed by atoms with E-state index in [0.29, 0.717) is 6.07 Å². The Bertz CT molecular complexity index is 1160. The van der Waals surface area contributed by atoms with Crippen molar-refractivity contribution in [2.24, 2.45) is 0 Å². The van der Waals surface area contributed by atoms with Gasteiger partial charge in [0.1, 0.15) is 5.82 Å². The quantitative estimate of drug-likeness (QED) is 0.447. The van der Waals surface area contributed by atoms with Gasteiger partial charge in [-0.1, -0.05) is 18.2 Å². The summed E-state index contributed by atoms with van der Waals surface area (Å²) in [6.07, 6.45) is -11.6. The first-order valence-electron chi connectivity index (χ1n) is 9.71. The van der Waals surface area contributed by atoms with E-state index in [0.717, 1.165) is 42.0 Å². The van der Waals surface area contributed by atoms with Crippen molar-refractivity contribution in [1.29, 1.82) is 0 Å². The van der Waals surface area contributed by atoms with Gasteiger partial charge in [0, 0.05) is 17.3 Å². The highest BCUT2D eigenvalue weighted by atomic mass is 19.4. The van der Waals surface area contributed by atoms with Crippen molar-refractivity contribution in [2.75, 3.05) is 0 Å². The van der Waals surface area contributed by atoms with Crippen LogP contribution in [0.25, 0.3) is 11.3 Å². The van der Waals surface area contributed by atoms with Gasteiger partial charge in [0.2, 0.25) is 0 Å². The zero-order valence-electron chi connectivity index (χ0n) is 17.4. The first-order valence-corrected chi connectivity index (χ1v) is 9.71. The van der Waals surface area contributed by atoms with Crippen LogP contribution in [-0.4, -0.2) is 28.4 Å². The van der Waals surface area contributed by atoms with Gasteiger partial charge < -0.3 is 10.4 Å². The van der Waals surface area contributed by atoms with Crippen LogP contribution in [0.4, 0.5) is 30.7 Å². The molecule has 1 amide bonds. The molecule has 2 unspecified atom stereocenters. The lowest BCUT2D eigenvalue weighted by Gasteiger charge is -2.23. The Balaban J connectivity index is 2.05. The lowest BCUT2D eigenvalue weighted by molar-refractivity contribution is -0.206. The second-order valence-corrected chi connectivity index (χ2v) is 7.51. The molecular weight excluding hydrogens is 469 g/mol. The summed E-state index contributed by atoms with van der Waals surface area (Å²) in [5.74, 6) is -2.14. The number of rotatable bonds is 5. The second kappa shape index (κ2) is 9.41. The van der Waals surface area contributed by atoms with Crippen LogP contribution in [0.5, 0.6) is 0 Å². The summed E-state index contributed by atoms with van der Waals surface area (Å²) < 4.78 is 93.4. The smallest absolute Gasteiger partial charge is 0.379 e. The topological polar surface area (TPSA) is 62.2 Å². The zero-order valence-corrected chi connectivity index (χ0v) is 17.4. The standard InChI is InChI=1S/C23H17F7N2O2/c1-12-2-7-18(31-11-12)14-8-15(20(33)23(28,29)30)10-16(9-14)21(34)32-19(22(25,26)27)13-3-5-17(24)6-4-13/h2-11,19-20,33H,1H3,(H,32,34). The Kier molecular flexibility index (Phi) is 6.97. The van der Waals surface area contributed by atoms with Crippen molar-refractivity contribution in [3.8, 4) is 11.3 Å². The van der Waals surface area contributed by atoms with Crippen LogP contribution in [0.15, 0.2) is 60.8 Å². The fourth-order valence-corrected chi connectivity index (χ4v) is 3.14. The Hall–Kier alpha value is -3.47. The largest absolute Gasteiger partial charge is 0.418 e. The van der Waals surface area contributed by atoms with Crippen molar-refractivity contribution in [1.82, 2.24) is 10.3 Å². The number of aromatic nitrogens is 1. The summed E-state index contributed by atoms with van der Waals surface area (Å²) in [6.45, 7) is 1.71. The van der Waals surface area contributed by atoms with Gasteiger partial charge in [-0.15, -0.1) is 0 Å². The highest BCUT2D eigenvalue weighted by Gasteiger charge is 2.43. The SMILES string of the molecule is Cc1ccc(-c2cc(C(=O)NC(c3ccc(F)cc3)C(F)(F)F)cc(C(O)C(F)(F)F)c2)nc1. The number of carbonyl (C=O) groups excluding carboxylic acids is 1. The molecule has 0 saturated carbocycles. The first-order chi connectivity index (χ1) is 15.8. The van der Waals surface area contributed by atoms with Crippen molar-refractivity contribution >= 4 is 5.91 Å². The fraction of sp³-hybridized carbons (Fsp3) is 0.217. The molecule has 34 heavy (non-hydrogen) atoms. The molecule has 11 heteroatoms. The fourth-order valence-electron chi connectivity index (χ4n) is 3.14. The zero-order chi connectivity index (χ0) is 25.3. The molecule has 0 aliphatic rings. The van der Waals surface area contributed by atoms with E-state index in [1.807, 2.05) is 0 Å². The summed E-state index contributed by atoms with van der Waals surface area (Å²) in [5.41, 5.74) is -0.926. The molecule has 4 nitrogen and oxygen atoms in total. The van der Waals surface area contributed by atoms with Crippen molar-refractivity contribution in [3.63, 3.8) is 0 Å². The van der Waals surface area contributed by atoms with Crippen LogP contribution in [0.3, 0.4) is 0 Å². The third-order valence-corrected chi connectivity index (χ3v) is 4.86. The predicted molar refractivity (Wildman–Crippen MR) is 108 cm³/mol. The van der Waals surface area contributed by atoms with Crippen LogP contribution in [0, 0.1) is 12.7 Å². The minimum absolute atomic E-state index is 0.0173. The molecule has 0 bridgehead atoms. The first kappa shape index (κ1) is 25.2. The minimum Gasteiger partial charge on any atom is -0.379 e. The average Bonchev–Trinajstić information content (AvgIpc) is 2.76. The summed E-state index contributed by atoms with van der Waals surface area (Å²) >= 11 is 0. The molecule has 2 atom stereocenters. The number of alkyl halides is 6. The molecule has 0 saturated heterocycles. The molecule has 1 heterocycles. The monoisotopic (exact) mass is 486 g/mol.